The van der Waals surface area contributed by atoms with Crippen molar-refractivity contribution in [3.05, 3.63) is 64.6 Å². The third kappa shape index (κ3) is 3.19. The van der Waals surface area contributed by atoms with Crippen LogP contribution in [0.3, 0.4) is 0 Å². The minimum Gasteiger partial charge on any atom is -0.465 e. The Labute approximate surface area is 167 Å². The molecule has 0 radical (unpaired) electrons. The summed E-state index contributed by atoms with van der Waals surface area (Å²) in [5.74, 6) is -0.424. The Morgan fingerprint density at radius 1 is 1.17 bits per heavy atom. The number of carbonyl (C=O) groups excluding carboxylic acids is 1. The molecule has 0 unspecified atom stereocenters. The number of methoxy groups -OCH3 is 1. The van der Waals surface area contributed by atoms with Gasteiger partial charge in [-0.05, 0) is 43.3 Å². The van der Waals surface area contributed by atoms with Crippen molar-refractivity contribution in [3.8, 4) is 11.3 Å². The molecule has 0 saturated carbocycles. The topological polar surface area (TPSA) is 92.1 Å². The van der Waals surface area contributed by atoms with Gasteiger partial charge in [0.25, 0.3) is 5.56 Å². The van der Waals surface area contributed by atoms with E-state index in [4.69, 9.17) is 10.5 Å². The summed E-state index contributed by atoms with van der Waals surface area (Å²) in [6.45, 7) is 1.27. The van der Waals surface area contributed by atoms with E-state index in [0.29, 0.717) is 29.9 Å². The van der Waals surface area contributed by atoms with Gasteiger partial charge >= 0.3 is 5.97 Å². The predicted octanol–water partition coefficient (Wildman–Crippen LogP) is 2.69. The van der Waals surface area contributed by atoms with Crippen LogP contribution in [0.15, 0.2) is 53.5 Å². The van der Waals surface area contributed by atoms with E-state index in [1.165, 1.54) is 7.11 Å². The number of nitrogens with two attached hydrogens (primary N) is 1. The molecule has 7 nitrogen and oxygen atoms in total. The van der Waals surface area contributed by atoms with E-state index in [0.717, 1.165) is 28.4 Å². The lowest BCUT2D eigenvalue weighted by atomic mass is 10.1. The molecule has 0 aliphatic heterocycles. The minimum absolute atomic E-state index is 0.190. The molecule has 4 rings (SSSR count). The van der Waals surface area contributed by atoms with E-state index in [9.17, 15) is 9.59 Å². The van der Waals surface area contributed by atoms with Crippen molar-refractivity contribution in [1.29, 1.82) is 0 Å². The first-order valence-corrected chi connectivity index (χ1v) is 9.42. The molecule has 2 heterocycles. The standard InChI is InChI=1S/C22H22N4O3/c1-25-19-7-4-3-6-17(19)24-20(21(25)27)16-13-26(11-5-10-23)18-9-8-14(12-15(16)18)22(28)29-2/h3-4,6-9,12-13H,5,10-11,23H2,1-2H3. The monoisotopic (exact) mass is 390 g/mol. The first-order valence-electron chi connectivity index (χ1n) is 9.42. The molecule has 2 aromatic heterocycles. The largest absolute Gasteiger partial charge is 0.465 e. The Morgan fingerprint density at radius 3 is 2.72 bits per heavy atom. The van der Waals surface area contributed by atoms with Gasteiger partial charge in [-0.3, -0.25) is 4.79 Å². The summed E-state index contributed by atoms with van der Waals surface area (Å²) in [5, 5.41) is 0.782. The van der Waals surface area contributed by atoms with Gasteiger partial charge in [-0.15, -0.1) is 0 Å². The van der Waals surface area contributed by atoms with Gasteiger partial charge < -0.3 is 19.6 Å². The third-order valence-electron chi connectivity index (χ3n) is 5.14. The van der Waals surface area contributed by atoms with Gasteiger partial charge in [-0.25, -0.2) is 9.78 Å². The van der Waals surface area contributed by atoms with Gasteiger partial charge in [0.15, 0.2) is 0 Å². The van der Waals surface area contributed by atoms with Crippen molar-refractivity contribution in [2.45, 2.75) is 13.0 Å². The lowest BCUT2D eigenvalue weighted by Crippen LogP contribution is -2.20. The Balaban J connectivity index is 2.02. The summed E-state index contributed by atoms with van der Waals surface area (Å²) in [6, 6.07) is 12.9. The van der Waals surface area contributed by atoms with Gasteiger partial charge in [0.1, 0.15) is 5.69 Å². The molecule has 0 atom stereocenters. The molecule has 0 amide bonds. The normalized spacial score (nSPS) is 11.3. The van der Waals surface area contributed by atoms with E-state index in [1.54, 1.807) is 23.7 Å². The van der Waals surface area contributed by atoms with Gasteiger partial charge in [0, 0.05) is 36.3 Å². The number of esters is 1. The maximum Gasteiger partial charge on any atom is 0.337 e. The van der Waals surface area contributed by atoms with E-state index in [2.05, 4.69) is 9.55 Å². The number of para-hydroxylation sites is 2. The second-order valence-corrected chi connectivity index (χ2v) is 6.92. The SMILES string of the molecule is COC(=O)c1ccc2c(c1)c(-c1nc3ccccc3n(C)c1=O)cn2CCCN. The number of aromatic nitrogens is 3. The Bertz CT molecular complexity index is 1290. The fourth-order valence-electron chi connectivity index (χ4n) is 3.63. The molecule has 29 heavy (non-hydrogen) atoms. The number of hydrogen-bond donors (Lipinski definition) is 1. The second-order valence-electron chi connectivity index (χ2n) is 6.92. The molecule has 2 N–H and O–H groups in total. The van der Waals surface area contributed by atoms with Crippen molar-refractivity contribution in [3.63, 3.8) is 0 Å². The average Bonchev–Trinajstić information content (AvgIpc) is 3.11. The van der Waals surface area contributed by atoms with Crippen molar-refractivity contribution < 1.29 is 9.53 Å². The van der Waals surface area contributed by atoms with Crippen LogP contribution in [0, 0.1) is 0 Å². The quantitative estimate of drug-likeness (QED) is 0.529. The summed E-state index contributed by atoms with van der Waals surface area (Å²) >= 11 is 0. The number of hydrogen-bond acceptors (Lipinski definition) is 5. The van der Waals surface area contributed by atoms with Crippen LogP contribution in [0.2, 0.25) is 0 Å². The number of carbonyl (C=O) groups is 1. The molecule has 148 valence electrons. The van der Waals surface area contributed by atoms with Gasteiger partial charge in [0.2, 0.25) is 0 Å². The zero-order valence-electron chi connectivity index (χ0n) is 16.4. The van der Waals surface area contributed by atoms with Crippen molar-refractivity contribution in [1.82, 2.24) is 14.1 Å². The molecule has 0 saturated heterocycles. The zero-order chi connectivity index (χ0) is 20.5. The molecule has 4 aromatic rings. The minimum atomic E-state index is -0.424. The van der Waals surface area contributed by atoms with Crippen LogP contribution < -0.4 is 11.3 Å². The van der Waals surface area contributed by atoms with Gasteiger partial charge in [-0.1, -0.05) is 12.1 Å². The van der Waals surface area contributed by atoms with E-state index >= 15 is 0 Å². The average molecular weight is 390 g/mol. The smallest absolute Gasteiger partial charge is 0.337 e. The highest BCUT2D eigenvalue weighted by molar-refractivity contribution is 6.01. The third-order valence-corrected chi connectivity index (χ3v) is 5.14. The molecule has 0 fully saturated rings. The van der Waals surface area contributed by atoms with Crippen LogP contribution in [0.4, 0.5) is 0 Å². The van der Waals surface area contributed by atoms with Gasteiger partial charge in [0.05, 0.1) is 23.7 Å². The number of rotatable bonds is 5. The summed E-state index contributed by atoms with van der Waals surface area (Å²) in [7, 11) is 3.09. The maximum absolute atomic E-state index is 13.1. The number of ether oxygens (including phenoxy) is 1. The highest BCUT2D eigenvalue weighted by atomic mass is 16.5. The Hall–Kier alpha value is -3.45. The summed E-state index contributed by atoms with van der Waals surface area (Å²) in [4.78, 5) is 29.8. The summed E-state index contributed by atoms with van der Waals surface area (Å²) < 4.78 is 8.51. The number of nitrogens with zero attached hydrogens (tertiary/aromatic N) is 3. The Morgan fingerprint density at radius 2 is 1.97 bits per heavy atom. The van der Waals surface area contributed by atoms with E-state index in [-0.39, 0.29) is 5.56 Å². The number of benzene rings is 2. The highest BCUT2D eigenvalue weighted by Gasteiger charge is 2.18. The molecule has 0 bridgehead atoms. The lowest BCUT2D eigenvalue weighted by Gasteiger charge is -2.07. The highest BCUT2D eigenvalue weighted by Crippen LogP contribution is 2.30. The van der Waals surface area contributed by atoms with Crippen LogP contribution in [0.1, 0.15) is 16.8 Å². The lowest BCUT2D eigenvalue weighted by molar-refractivity contribution is 0.0601. The summed E-state index contributed by atoms with van der Waals surface area (Å²) in [6.07, 6.45) is 2.71. The van der Waals surface area contributed by atoms with E-state index in [1.807, 2.05) is 36.5 Å². The van der Waals surface area contributed by atoms with Gasteiger partial charge in [-0.2, -0.15) is 0 Å². The Kier molecular flexibility index (Phi) is 4.90. The molecule has 7 heteroatoms. The number of aryl methyl sites for hydroxylation is 2. The molecular formula is C22H22N4O3. The molecule has 0 aliphatic carbocycles. The van der Waals surface area contributed by atoms with Crippen LogP contribution in [-0.2, 0) is 18.3 Å². The van der Waals surface area contributed by atoms with E-state index < -0.39 is 5.97 Å². The van der Waals surface area contributed by atoms with Crippen LogP contribution in [-0.4, -0.2) is 33.7 Å². The number of fused-ring (bicyclic) bond motifs is 2. The zero-order valence-corrected chi connectivity index (χ0v) is 16.4. The first kappa shape index (κ1) is 18.9. The van der Waals surface area contributed by atoms with Crippen LogP contribution >= 0.6 is 0 Å². The summed E-state index contributed by atoms with van der Waals surface area (Å²) in [5.41, 5.74) is 9.38. The molecular weight excluding hydrogens is 368 g/mol. The molecule has 0 aliphatic rings. The fourth-order valence-corrected chi connectivity index (χ4v) is 3.63. The fraction of sp³-hybridized carbons (Fsp3) is 0.227. The first-order chi connectivity index (χ1) is 14.0. The predicted molar refractivity (Wildman–Crippen MR) is 113 cm³/mol. The van der Waals surface area contributed by atoms with Crippen LogP contribution in [0.5, 0.6) is 0 Å². The molecule has 0 spiro atoms. The van der Waals surface area contributed by atoms with Crippen LogP contribution in [0.25, 0.3) is 33.2 Å². The van der Waals surface area contributed by atoms with Crippen molar-refractivity contribution in [2.24, 2.45) is 12.8 Å². The van der Waals surface area contributed by atoms with Crippen molar-refractivity contribution >= 4 is 27.9 Å². The maximum atomic E-state index is 13.1. The van der Waals surface area contributed by atoms with Crippen molar-refractivity contribution in [2.75, 3.05) is 13.7 Å². The molecule has 2 aromatic carbocycles. The second kappa shape index (κ2) is 7.52.